The Hall–Kier alpha value is -0.730. The van der Waals surface area contributed by atoms with Crippen LogP contribution < -0.4 is 5.32 Å². The number of benzene rings is 2. The third-order valence-electron chi connectivity index (χ3n) is 2.96. The topological polar surface area (TPSA) is 16.6 Å². The first kappa shape index (κ1) is 14.7. The molecule has 0 saturated carbocycles. The molecule has 0 aliphatic carbocycles. The Morgan fingerprint density at radius 2 is 1.63 bits per heavy atom. The van der Waals surface area contributed by atoms with Crippen molar-refractivity contribution < 1.29 is 5.32 Å². The van der Waals surface area contributed by atoms with Gasteiger partial charge in [0, 0.05) is 27.1 Å². The van der Waals surface area contributed by atoms with E-state index in [0.717, 1.165) is 40.7 Å². The SMILES string of the molecule is Clc1ccc(CC[NH2+]Cc2ccccc2Cl)c(Cl)c1. The number of rotatable bonds is 5. The van der Waals surface area contributed by atoms with Gasteiger partial charge >= 0.3 is 0 Å². The third-order valence-corrected chi connectivity index (χ3v) is 3.91. The van der Waals surface area contributed by atoms with Gasteiger partial charge in [0.25, 0.3) is 0 Å². The average Bonchev–Trinajstić information content (AvgIpc) is 2.38. The highest BCUT2D eigenvalue weighted by Crippen LogP contribution is 2.20. The molecule has 2 N–H and O–H groups in total. The maximum Gasteiger partial charge on any atom is 0.103 e. The second-order valence-electron chi connectivity index (χ2n) is 4.36. The lowest BCUT2D eigenvalue weighted by Crippen LogP contribution is -2.83. The summed E-state index contributed by atoms with van der Waals surface area (Å²) in [7, 11) is 0. The summed E-state index contributed by atoms with van der Waals surface area (Å²) >= 11 is 18.1. The Kier molecular flexibility index (Phi) is 5.53. The van der Waals surface area contributed by atoms with Crippen molar-refractivity contribution in [1.82, 2.24) is 0 Å². The molecular weight excluding hydrogens is 301 g/mol. The Bertz CT molecular complexity index is 555. The molecule has 4 heteroatoms. The molecule has 0 atom stereocenters. The first-order valence-corrected chi connectivity index (χ1v) is 7.29. The van der Waals surface area contributed by atoms with Gasteiger partial charge in [0.15, 0.2) is 0 Å². The van der Waals surface area contributed by atoms with Gasteiger partial charge in [-0.3, -0.25) is 0 Å². The zero-order valence-corrected chi connectivity index (χ0v) is 12.6. The molecule has 1 nitrogen and oxygen atoms in total. The Morgan fingerprint density at radius 3 is 2.37 bits per heavy atom. The lowest BCUT2D eigenvalue weighted by molar-refractivity contribution is -0.670. The highest BCUT2D eigenvalue weighted by molar-refractivity contribution is 6.35. The van der Waals surface area contributed by atoms with E-state index in [1.807, 2.05) is 36.4 Å². The lowest BCUT2D eigenvalue weighted by Gasteiger charge is -2.06. The minimum atomic E-state index is 0.675. The molecule has 0 saturated heterocycles. The molecule has 0 heterocycles. The van der Waals surface area contributed by atoms with Crippen LogP contribution in [0.25, 0.3) is 0 Å². The standard InChI is InChI=1S/C15H14Cl3N/c16-13-6-5-11(15(18)9-13)7-8-19-10-12-3-1-2-4-14(12)17/h1-6,9,19H,7-8,10H2/p+1. The maximum absolute atomic E-state index is 6.13. The summed E-state index contributed by atoms with van der Waals surface area (Å²) in [5, 5.41) is 4.46. The summed E-state index contributed by atoms with van der Waals surface area (Å²) in [4.78, 5) is 0. The van der Waals surface area contributed by atoms with Crippen molar-refractivity contribution in [1.29, 1.82) is 0 Å². The molecule has 0 fully saturated rings. The van der Waals surface area contributed by atoms with Crippen molar-refractivity contribution in [3.8, 4) is 0 Å². The monoisotopic (exact) mass is 314 g/mol. The van der Waals surface area contributed by atoms with Crippen molar-refractivity contribution in [2.24, 2.45) is 0 Å². The van der Waals surface area contributed by atoms with Crippen molar-refractivity contribution in [3.63, 3.8) is 0 Å². The predicted octanol–water partition coefficient (Wildman–Crippen LogP) is 3.95. The molecule has 0 unspecified atom stereocenters. The van der Waals surface area contributed by atoms with Crippen LogP contribution in [0.1, 0.15) is 11.1 Å². The fraction of sp³-hybridized carbons (Fsp3) is 0.200. The van der Waals surface area contributed by atoms with Crippen LogP contribution in [0.2, 0.25) is 15.1 Å². The van der Waals surface area contributed by atoms with Crippen molar-refractivity contribution in [2.75, 3.05) is 6.54 Å². The van der Waals surface area contributed by atoms with Gasteiger partial charge in [-0.05, 0) is 23.8 Å². The molecule has 0 spiro atoms. The summed E-state index contributed by atoms with van der Waals surface area (Å²) in [5.74, 6) is 0. The minimum Gasteiger partial charge on any atom is -0.342 e. The molecule has 0 aliphatic rings. The first-order valence-electron chi connectivity index (χ1n) is 6.16. The second kappa shape index (κ2) is 7.16. The highest BCUT2D eigenvalue weighted by Gasteiger charge is 2.04. The van der Waals surface area contributed by atoms with Crippen molar-refractivity contribution in [2.45, 2.75) is 13.0 Å². The molecule has 100 valence electrons. The zero-order valence-electron chi connectivity index (χ0n) is 10.4. The predicted molar refractivity (Wildman–Crippen MR) is 82.1 cm³/mol. The fourth-order valence-corrected chi connectivity index (χ4v) is 2.62. The number of hydrogen-bond donors (Lipinski definition) is 1. The summed E-state index contributed by atoms with van der Waals surface area (Å²) in [6.07, 6.45) is 0.917. The molecule has 0 aliphatic heterocycles. The van der Waals surface area contributed by atoms with Gasteiger partial charge in [0.05, 0.1) is 6.54 Å². The van der Waals surface area contributed by atoms with Crippen molar-refractivity contribution in [3.05, 3.63) is 68.7 Å². The molecule has 0 amide bonds. The van der Waals surface area contributed by atoms with Crippen LogP contribution in [-0.2, 0) is 13.0 Å². The molecule has 2 aromatic carbocycles. The second-order valence-corrected chi connectivity index (χ2v) is 5.61. The van der Waals surface area contributed by atoms with E-state index in [-0.39, 0.29) is 0 Å². The molecule has 0 radical (unpaired) electrons. The lowest BCUT2D eigenvalue weighted by atomic mass is 10.1. The maximum atomic E-state index is 6.13. The van der Waals surface area contributed by atoms with E-state index in [2.05, 4.69) is 5.32 Å². The van der Waals surface area contributed by atoms with E-state index < -0.39 is 0 Å². The van der Waals surface area contributed by atoms with Crippen LogP contribution >= 0.6 is 34.8 Å². The largest absolute Gasteiger partial charge is 0.342 e. The summed E-state index contributed by atoms with van der Waals surface area (Å²) in [5.41, 5.74) is 2.29. The minimum absolute atomic E-state index is 0.675. The molecule has 0 aromatic heterocycles. The number of hydrogen-bond acceptors (Lipinski definition) is 0. The molecule has 2 rings (SSSR count). The zero-order chi connectivity index (χ0) is 13.7. The van der Waals surface area contributed by atoms with Gasteiger partial charge in [-0.1, -0.05) is 59.1 Å². The number of halogens is 3. The van der Waals surface area contributed by atoms with Crippen LogP contribution in [0.15, 0.2) is 42.5 Å². The van der Waals surface area contributed by atoms with E-state index in [1.54, 1.807) is 6.07 Å². The Balaban J connectivity index is 1.83. The number of quaternary nitrogens is 1. The smallest absolute Gasteiger partial charge is 0.103 e. The average molecular weight is 316 g/mol. The van der Waals surface area contributed by atoms with Gasteiger partial charge < -0.3 is 5.32 Å². The van der Waals surface area contributed by atoms with Crippen LogP contribution in [-0.4, -0.2) is 6.54 Å². The molecule has 2 aromatic rings. The highest BCUT2D eigenvalue weighted by atomic mass is 35.5. The van der Waals surface area contributed by atoms with Gasteiger partial charge in [0.1, 0.15) is 6.54 Å². The summed E-state index contributed by atoms with van der Waals surface area (Å²) in [6.45, 7) is 1.84. The van der Waals surface area contributed by atoms with Crippen LogP contribution in [0.5, 0.6) is 0 Å². The Labute approximate surface area is 128 Å². The van der Waals surface area contributed by atoms with Gasteiger partial charge in [-0.2, -0.15) is 0 Å². The fourth-order valence-electron chi connectivity index (χ4n) is 1.90. The van der Waals surface area contributed by atoms with Gasteiger partial charge in [-0.15, -0.1) is 0 Å². The quantitative estimate of drug-likeness (QED) is 0.805. The van der Waals surface area contributed by atoms with E-state index in [1.165, 1.54) is 0 Å². The van der Waals surface area contributed by atoms with Crippen molar-refractivity contribution >= 4 is 34.8 Å². The molecule has 19 heavy (non-hydrogen) atoms. The normalized spacial score (nSPS) is 10.7. The van der Waals surface area contributed by atoms with E-state index in [4.69, 9.17) is 34.8 Å². The number of nitrogens with two attached hydrogens (primary N) is 1. The van der Waals surface area contributed by atoms with Crippen LogP contribution in [0.3, 0.4) is 0 Å². The van der Waals surface area contributed by atoms with E-state index >= 15 is 0 Å². The van der Waals surface area contributed by atoms with Crippen LogP contribution in [0, 0.1) is 0 Å². The van der Waals surface area contributed by atoms with Crippen LogP contribution in [0.4, 0.5) is 0 Å². The molecule has 0 bridgehead atoms. The first-order chi connectivity index (χ1) is 9.16. The third kappa shape index (κ3) is 4.39. The summed E-state index contributed by atoms with van der Waals surface area (Å²) < 4.78 is 0. The van der Waals surface area contributed by atoms with E-state index in [9.17, 15) is 0 Å². The molecular formula is C15H15Cl3N+. The van der Waals surface area contributed by atoms with E-state index in [0.29, 0.717) is 5.02 Å². The Morgan fingerprint density at radius 1 is 0.842 bits per heavy atom. The van der Waals surface area contributed by atoms with Gasteiger partial charge in [-0.25, -0.2) is 0 Å². The summed E-state index contributed by atoms with van der Waals surface area (Å²) in [6, 6.07) is 13.6. The van der Waals surface area contributed by atoms with Gasteiger partial charge in [0.2, 0.25) is 0 Å².